The van der Waals surface area contributed by atoms with Gasteiger partial charge in [0.25, 0.3) is 0 Å². The van der Waals surface area contributed by atoms with Crippen LogP contribution >= 0.6 is 0 Å². The standard InChI is InChI=1S/C15H20N2/c1-11-6-7-17(10-13(11)3)15-5-4-14(9-16)12(2)8-15/h4-5,8,11,13H,6-7,10H2,1-3H3. The molecule has 2 atom stereocenters. The molecule has 90 valence electrons. The first-order valence-corrected chi connectivity index (χ1v) is 6.37. The second kappa shape index (κ2) is 4.79. The summed E-state index contributed by atoms with van der Waals surface area (Å²) >= 11 is 0. The van der Waals surface area contributed by atoms with Crippen LogP contribution in [0.2, 0.25) is 0 Å². The fourth-order valence-corrected chi connectivity index (χ4v) is 2.47. The molecule has 0 aliphatic carbocycles. The van der Waals surface area contributed by atoms with Gasteiger partial charge in [-0.1, -0.05) is 13.8 Å². The van der Waals surface area contributed by atoms with Gasteiger partial charge in [0.2, 0.25) is 0 Å². The van der Waals surface area contributed by atoms with Crippen molar-refractivity contribution < 1.29 is 0 Å². The zero-order valence-corrected chi connectivity index (χ0v) is 10.9. The molecule has 1 aliphatic heterocycles. The molecule has 1 heterocycles. The van der Waals surface area contributed by atoms with Crippen molar-refractivity contribution in [2.45, 2.75) is 27.2 Å². The van der Waals surface area contributed by atoms with Crippen LogP contribution in [0.1, 0.15) is 31.4 Å². The van der Waals surface area contributed by atoms with E-state index in [1.807, 2.05) is 13.0 Å². The molecular weight excluding hydrogens is 208 g/mol. The van der Waals surface area contributed by atoms with E-state index in [1.54, 1.807) is 0 Å². The van der Waals surface area contributed by atoms with E-state index in [-0.39, 0.29) is 0 Å². The minimum absolute atomic E-state index is 0.750. The Hall–Kier alpha value is -1.49. The van der Waals surface area contributed by atoms with Crippen LogP contribution in [0, 0.1) is 30.1 Å². The van der Waals surface area contributed by atoms with Crippen molar-refractivity contribution in [1.82, 2.24) is 0 Å². The van der Waals surface area contributed by atoms with Crippen LogP contribution < -0.4 is 4.90 Å². The fraction of sp³-hybridized carbons (Fsp3) is 0.533. The van der Waals surface area contributed by atoms with Crippen LogP contribution in [0.15, 0.2) is 18.2 Å². The number of piperidine rings is 1. The summed E-state index contributed by atoms with van der Waals surface area (Å²) in [4.78, 5) is 2.44. The van der Waals surface area contributed by atoms with Gasteiger partial charge in [-0.15, -0.1) is 0 Å². The number of hydrogen-bond acceptors (Lipinski definition) is 2. The van der Waals surface area contributed by atoms with E-state index in [9.17, 15) is 0 Å². The lowest BCUT2D eigenvalue weighted by molar-refractivity contribution is 0.324. The largest absolute Gasteiger partial charge is 0.371 e. The van der Waals surface area contributed by atoms with Gasteiger partial charge in [0.15, 0.2) is 0 Å². The monoisotopic (exact) mass is 228 g/mol. The van der Waals surface area contributed by atoms with Crippen LogP contribution in [0.4, 0.5) is 5.69 Å². The maximum absolute atomic E-state index is 8.93. The molecule has 1 aliphatic rings. The molecule has 1 fully saturated rings. The average Bonchev–Trinajstić information content (AvgIpc) is 2.32. The highest BCUT2D eigenvalue weighted by molar-refractivity contribution is 5.53. The molecule has 17 heavy (non-hydrogen) atoms. The molecule has 0 N–H and O–H groups in total. The van der Waals surface area contributed by atoms with E-state index in [0.717, 1.165) is 36.1 Å². The minimum Gasteiger partial charge on any atom is -0.371 e. The molecule has 2 unspecified atom stereocenters. The molecule has 0 aromatic heterocycles. The van der Waals surface area contributed by atoms with E-state index in [0.29, 0.717) is 0 Å². The highest BCUT2D eigenvalue weighted by Crippen LogP contribution is 2.27. The molecular formula is C15H20N2. The van der Waals surface area contributed by atoms with Gasteiger partial charge in [0, 0.05) is 18.8 Å². The molecule has 2 nitrogen and oxygen atoms in total. The smallest absolute Gasteiger partial charge is 0.0994 e. The third kappa shape index (κ3) is 2.44. The molecule has 1 saturated heterocycles. The number of aryl methyl sites for hydroxylation is 1. The molecule has 0 spiro atoms. The molecule has 2 heteroatoms. The maximum Gasteiger partial charge on any atom is 0.0994 e. The van der Waals surface area contributed by atoms with Gasteiger partial charge >= 0.3 is 0 Å². The Labute approximate surface area is 104 Å². The van der Waals surface area contributed by atoms with Gasteiger partial charge < -0.3 is 4.90 Å². The highest BCUT2D eigenvalue weighted by atomic mass is 15.1. The van der Waals surface area contributed by atoms with E-state index < -0.39 is 0 Å². The summed E-state index contributed by atoms with van der Waals surface area (Å²) in [6.07, 6.45) is 1.26. The Kier molecular flexibility index (Phi) is 3.38. The van der Waals surface area contributed by atoms with Crippen molar-refractivity contribution in [2.75, 3.05) is 18.0 Å². The van der Waals surface area contributed by atoms with Gasteiger partial charge in [-0.25, -0.2) is 0 Å². The summed E-state index contributed by atoms with van der Waals surface area (Å²) in [5.74, 6) is 1.57. The first-order chi connectivity index (χ1) is 8.11. The number of anilines is 1. The topological polar surface area (TPSA) is 27.0 Å². The van der Waals surface area contributed by atoms with Gasteiger partial charge in [0.1, 0.15) is 0 Å². The van der Waals surface area contributed by atoms with Crippen molar-refractivity contribution >= 4 is 5.69 Å². The SMILES string of the molecule is Cc1cc(N2CCC(C)C(C)C2)ccc1C#N. The Morgan fingerprint density at radius 2 is 2.06 bits per heavy atom. The molecule has 2 rings (SSSR count). The summed E-state index contributed by atoms with van der Waals surface area (Å²) in [6, 6.07) is 8.38. The Balaban J connectivity index is 2.18. The lowest BCUT2D eigenvalue weighted by atomic mass is 9.88. The number of nitrogens with zero attached hydrogens (tertiary/aromatic N) is 2. The van der Waals surface area contributed by atoms with Crippen LogP contribution in [0.5, 0.6) is 0 Å². The average molecular weight is 228 g/mol. The lowest BCUT2D eigenvalue weighted by Crippen LogP contribution is -2.38. The summed E-state index contributed by atoms with van der Waals surface area (Å²) in [5, 5.41) is 8.93. The summed E-state index contributed by atoms with van der Waals surface area (Å²) in [6.45, 7) is 8.95. The zero-order chi connectivity index (χ0) is 12.4. The van der Waals surface area contributed by atoms with Crippen LogP contribution in [0.3, 0.4) is 0 Å². The second-order valence-corrected chi connectivity index (χ2v) is 5.30. The van der Waals surface area contributed by atoms with Gasteiger partial charge in [0.05, 0.1) is 11.6 Å². The number of hydrogen-bond donors (Lipinski definition) is 0. The van der Waals surface area contributed by atoms with Crippen LogP contribution in [-0.2, 0) is 0 Å². The first kappa shape index (κ1) is 12.0. The van der Waals surface area contributed by atoms with Gasteiger partial charge in [-0.3, -0.25) is 0 Å². The second-order valence-electron chi connectivity index (χ2n) is 5.30. The highest BCUT2D eigenvalue weighted by Gasteiger charge is 2.22. The summed E-state index contributed by atoms with van der Waals surface area (Å²) in [7, 11) is 0. The molecule has 0 saturated carbocycles. The minimum atomic E-state index is 0.750. The lowest BCUT2D eigenvalue weighted by Gasteiger charge is -2.37. The normalized spacial score (nSPS) is 24.5. The van der Waals surface area contributed by atoms with Crippen LogP contribution in [0.25, 0.3) is 0 Å². The Bertz CT molecular complexity index is 445. The fourth-order valence-electron chi connectivity index (χ4n) is 2.47. The Morgan fingerprint density at radius 1 is 1.29 bits per heavy atom. The predicted molar refractivity (Wildman–Crippen MR) is 71.1 cm³/mol. The molecule has 0 amide bonds. The number of rotatable bonds is 1. The molecule has 1 aromatic carbocycles. The van der Waals surface area contributed by atoms with E-state index in [1.165, 1.54) is 12.1 Å². The predicted octanol–water partition coefficient (Wildman–Crippen LogP) is 3.35. The van der Waals surface area contributed by atoms with Crippen molar-refractivity contribution in [3.8, 4) is 6.07 Å². The van der Waals surface area contributed by atoms with Crippen molar-refractivity contribution in [2.24, 2.45) is 11.8 Å². The van der Waals surface area contributed by atoms with Crippen molar-refractivity contribution in [3.05, 3.63) is 29.3 Å². The van der Waals surface area contributed by atoms with Gasteiger partial charge in [-0.2, -0.15) is 5.26 Å². The number of benzene rings is 1. The third-order valence-corrected chi connectivity index (χ3v) is 4.03. The van der Waals surface area contributed by atoms with Crippen molar-refractivity contribution in [3.63, 3.8) is 0 Å². The van der Waals surface area contributed by atoms with E-state index in [4.69, 9.17) is 5.26 Å². The van der Waals surface area contributed by atoms with Gasteiger partial charge in [-0.05, 0) is 48.9 Å². The maximum atomic E-state index is 8.93. The molecule has 0 bridgehead atoms. The van der Waals surface area contributed by atoms with E-state index >= 15 is 0 Å². The summed E-state index contributed by atoms with van der Waals surface area (Å²) < 4.78 is 0. The summed E-state index contributed by atoms with van der Waals surface area (Å²) in [5.41, 5.74) is 3.13. The van der Waals surface area contributed by atoms with Crippen LogP contribution in [-0.4, -0.2) is 13.1 Å². The van der Waals surface area contributed by atoms with E-state index in [2.05, 4.69) is 36.9 Å². The quantitative estimate of drug-likeness (QED) is 0.737. The van der Waals surface area contributed by atoms with Crippen molar-refractivity contribution in [1.29, 1.82) is 5.26 Å². The zero-order valence-electron chi connectivity index (χ0n) is 10.9. The molecule has 1 aromatic rings. The Morgan fingerprint density at radius 3 is 2.65 bits per heavy atom. The third-order valence-electron chi connectivity index (χ3n) is 4.03. The number of nitriles is 1. The first-order valence-electron chi connectivity index (χ1n) is 6.37. The molecule has 0 radical (unpaired) electrons.